The second kappa shape index (κ2) is 3.41. The zero-order chi connectivity index (χ0) is 9.97. The van der Waals surface area contributed by atoms with Crippen molar-refractivity contribution in [3.05, 3.63) is 30.3 Å². The van der Waals surface area contributed by atoms with Crippen molar-refractivity contribution in [2.24, 2.45) is 10.1 Å². The van der Waals surface area contributed by atoms with E-state index in [0.717, 1.165) is 5.69 Å². The Morgan fingerprint density at radius 1 is 1.36 bits per heavy atom. The number of anilines is 1. The predicted octanol–water partition coefficient (Wildman–Crippen LogP) is 1.44. The highest BCUT2D eigenvalue weighted by molar-refractivity contribution is 6.13. The lowest BCUT2D eigenvalue weighted by Gasteiger charge is -2.09. The molecular formula is C10H9N3O. The van der Waals surface area contributed by atoms with Crippen molar-refractivity contribution in [2.45, 2.75) is 6.42 Å². The van der Waals surface area contributed by atoms with Crippen LogP contribution in [0.1, 0.15) is 6.42 Å². The minimum absolute atomic E-state index is 0.0707. The number of carbonyl (C=O) groups excluding carboxylic acids is 1. The molecule has 1 amide bonds. The van der Waals surface area contributed by atoms with E-state index in [9.17, 15) is 4.79 Å². The van der Waals surface area contributed by atoms with Gasteiger partial charge < -0.3 is 0 Å². The molecule has 0 radical (unpaired) electrons. The number of amides is 1. The van der Waals surface area contributed by atoms with Crippen LogP contribution in [0.15, 0.2) is 40.4 Å². The lowest BCUT2D eigenvalue weighted by molar-refractivity contribution is -0.116. The smallest absolute Gasteiger partial charge is 0.255 e. The molecule has 0 spiro atoms. The summed E-state index contributed by atoms with van der Waals surface area (Å²) in [6.07, 6.45) is 0.235. The molecule has 2 rings (SSSR count). The van der Waals surface area contributed by atoms with Gasteiger partial charge >= 0.3 is 0 Å². The summed E-state index contributed by atoms with van der Waals surface area (Å²) in [5.41, 5.74) is 0.760. The van der Waals surface area contributed by atoms with E-state index in [2.05, 4.69) is 16.8 Å². The van der Waals surface area contributed by atoms with E-state index in [-0.39, 0.29) is 12.3 Å². The average Bonchev–Trinajstić information content (AvgIpc) is 2.61. The van der Waals surface area contributed by atoms with Crippen molar-refractivity contribution in [3.8, 4) is 0 Å². The van der Waals surface area contributed by atoms with Gasteiger partial charge in [0.1, 0.15) is 0 Å². The van der Waals surface area contributed by atoms with Gasteiger partial charge in [0.25, 0.3) is 5.91 Å². The molecule has 0 saturated heterocycles. The molecule has 1 heterocycles. The molecule has 70 valence electrons. The lowest BCUT2D eigenvalue weighted by Crippen LogP contribution is -2.19. The molecule has 0 unspecified atom stereocenters. The highest BCUT2D eigenvalue weighted by Gasteiger charge is 2.23. The number of hydrogen-bond donors (Lipinski definition) is 0. The molecule has 1 aliphatic rings. The van der Waals surface area contributed by atoms with Crippen molar-refractivity contribution in [1.29, 1.82) is 0 Å². The van der Waals surface area contributed by atoms with Gasteiger partial charge in [-0.25, -0.2) is 4.99 Å². The number of hydrazone groups is 1. The first-order valence-corrected chi connectivity index (χ1v) is 4.23. The zero-order valence-electron chi connectivity index (χ0n) is 7.55. The van der Waals surface area contributed by atoms with Gasteiger partial charge in [-0.3, -0.25) is 4.79 Å². The molecule has 0 aliphatic carbocycles. The summed E-state index contributed by atoms with van der Waals surface area (Å²) in [7, 11) is 0. The van der Waals surface area contributed by atoms with Crippen LogP contribution in [0.25, 0.3) is 0 Å². The van der Waals surface area contributed by atoms with Crippen molar-refractivity contribution in [1.82, 2.24) is 0 Å². The van der Waals surface area contributed by atoms with E-state index in [1.165, 1.54) is 5.01 Å². The molecule has 1 aromatic carbocycles. The lowest BCUT2D eigenvalue weighted by atomic mass is 10.3. The van der Waals surface area contributed by atoms with Crippen molar-refractivity contribution in [3.63, 3.8) is 0 Å². The average molecular weight is 187 g/mol. The first kappa shape index (κ1) is 8.62. The van der Waals surface area contributed by atoms with Gasteiger partial charge in [-0.1, -0.05) is 18.2 Å². The third-order valence-electron chi connectivity index (χ3n) is 1.94. The Balaban J connectivity index is 2.32. The third kappa shape index (κ3) is 1.42. The second-order valence-electron chi connectivity index (χ2n) is 2.89. The van der Waals surface area contributed by atoms with Gasteiger partial charge in [-0.2, -0.15) is 5.01 Å². The van der Waals surface area contributed by atoms with Gasteiger partial charge in [-0.05, 0) is 18.9 Å². The number of rotatable bonds is 1. The Kier molecular flexibility index (Phi) is 2.10. The van der Waals surface area contributed by atoms with E-state index in [4.69, 9.17) is 0 Å². The molecule has 0 saturated carbocycles. The number of benzene rings is 1. The van der Waals surface area contributed by atoms with E-state index in [0.29, 0.717) is 5.84 Å². The van der Waals surface area contributed by atoms with Crippen molar-refractivity contribution >= 4 is 24.1 Å². The van der Waals surface area contributed by atoms with Gasteiger partial charge in [-0.15, -0.1) is 5.10 Å². The standard InChI is InChI=1S/C10H9N3O/c1-11-9-7-10(14)13(12-9)8-5-3-2-4-6-8/h2-6H,1,7H2. The summed E-state index contributed by atoms with van der Waals surface area (Å²) in [6, 6.07) is 9.26. The number of aliphatic imine (C=N–C) groups is 1. The minimum Gasteiger partial charge on any atom is -0.272 e. The molecule has 0 N–H and O–H groups in total. The van der Waals surface area contributed by atoms with Gasteiger partial charge in [0.05, 0.1) is 12.1 Å². The highest BCUT2D eigenvalue weighted by Crippen LogP contribution is 2.19. The summed E-state index contributed by atoms with van der Waals surface area (Å²) in [5.74, 6) is 0.400. The Morgan fingerprint density at radius 2 is 2.07 bits per heavy atom. The molecular weight excluding hydrogens is 178 g/mol. The number of nitrogens with zero attached hydrogens (tertiary/aromatic N) is 3. The maximum absolute atomic E-state index is 11.5. The fraction of sp³-hybridized carbons (Fsp3) is 0.100. The fourth-order valence-corrected chi connectivity index (χ4v) is 1.28. The van der Waals surface area contributed by atoms with Gasteiger partial charge in [0, 0.05) is 0 Å². The van der Waals surface area contributed by atoms with Crippen LogP contribution in [0.3, 0.4) is 0 Å². The Hall–Kier alpha value is -1.97. The number of hydrogen-bond acceptors (Lipinski definition) is 3. The van der Waals surface area contributed by atoms with E-state index >= 15 is 0 Å². The molecule has 14 heavy (non-hydrogen) atoms. The molecule has 4 heteroatoms. The first-order valence-electron chi connectivity index (χ1n) is 4.23. The van der Waals surface area contributed by atoms with Crippen molar-refractivity contribution in [2.75, 3.05) is 5.01 Å². The molecule has 0 bridgehead atoms. The predicted molar refractivity (Wildman–Crippen MR) is 55.5 cm³/mol. The summed E-state index contributed by atoms with van der Waals surface area (Å²) in [5, 5.41) is 5.38. The van der Waals surface area contributed by atoms with E-state index in [1.54, 1.807) is 0 Å². The largest absolute Gasteiger partial charge is 0.272 e. The SMILES string of the molecule is C=NC1=NN(c2ccccc2)C(=O)C1. The molecule has 0 atom stereocenters. The second-order valence-corrected chi connectivity index (χ2v) is 2.89. The number of carbonyl (C=O) groups is 1. The molecule has 4 nitrogen and oxygen atoms in total. The van der Waals surface area contributed by atoms with Gasteiger partial charge in [0.2, 0.25) is 0 Å². The van der Waals surface area contributed by atoms with Crippen LogP contribution >= 0.6 is 0 Å². The Bertz CT molecular complexity index is 397. The van der Waals surface area contributed by atoms with Crippen LogP contribution in [0.5, 0.6) is 0 Å². The Morgan fingerprint density at radius 3 is 2.64 bits per heavy atom. The molecule has 1 aliphatic heterocycles. The quantitative estimate of drug-likeness (QED) is 0.613. The fourth-order valence-electron chi connectivity index (χ4n) is 1.28. The first-order chi connectivity index (χ1) is 6.81. The monoisotopic (exact) mass is 187 g/mol. The van der Waals surface area contributed by atoms with Crippen LogP contribution in [0.2, 0.25) is 0 Å². The third-order valence-corrected chi connectivity index (χ3v) is 1.94. The molecule has 1 aromatic rings. The molecule has 0 fully saturated rings. The van der Waals surface area contributed by atoms with Crippen LogP contribution in [-0.4, -0.2) is 18.5 Å². The highest BCUT2D eigenvalue weighted by atomic mass is 16.2. The zero-order valence-corrected chi connectivity index (χ0v) is 7.55. The summed E-state index contributed by atoms with van der Waals surface area (Å²) in [6.45, 7) is 3.35. The summed E-state index contributed by atoms with van der Waals surface area (Å²) >= 11 is 0. The van der Waals surface area contributed by atoms with Crippen LogP contribution in [0.4, 0.5) is 5.69 Å². The van der Waals surface area contributed by atoms with E-state index < -0.39 is 0 Å². The van der Waals surface area contributed by atoms with Crippen molar-refractivity contribution < 1.29 is 4.79 Å². The van der Waals surface area contributed by atoms with E-state index in [1.807, 2.05) is 30.3 Å². The maximum Gasteiger partial charge on any atom is 0.255 e. The normalized spacial score (nSPS) is 15.6. The topological polar surface area (TPSA) is 45.0 Å². The summed E-state index contributed by atoms with van der Waals surface area (Å²) < 4.78 is 0. The number of para-hydroxylation sites is 1. The Labute approximate surface area is 81.6 Å². The van der Waals surface area contributed by atoms with Gasteiger partial charge in [0.15, 0.2) is 5.84 Å². The number of amidine groups is 1. The minimum atomic E-state index is -0.0707. The van der Waals surface area contributed by atoms with Crippen LogP contribution in [0, 0.1) is 0 Å². The van der Waals surface area contributed by atoms with Crippen LogP contribution in [-0.2, 0) is 4.79 Å². The molecule has 0 aromatic heterocycles. The van der Waals surface area contributed by atoms with Crippen LogP contribution < -0.4 is 5.01 Å². The summed E-state index contributed by atoms with van der Waals surface area (Å²) in [4.78, 5) is 15.1. The maximum atomic E-state index is 11.5.